The van der Waals surface area contributed by atoms with E-state index in [2.05, 4.69) is 77.9 Å². The quantitative estimate of drug-likeness (QED) is 0.460. The third kappa shape index (κ3) is 4.79. The first-order valence-corrected chi connectivity index (χ1v) is 13.2. The standard InChI is InChI=1S/C17H28BrNO2Si2/c1-17(2,16(20-22-3)21-23-4)10-6-11-19-12-9-13-14(18)7-5-8-15(13)19/h5,7-9,12,16H,6,10-11,22-23H2,1-4H3. The van der Waals surface area contributed by atoms with E-state index in [-0.39, 0.29) is 11.7 Å². The molecule has 0 atom stereocenters. The van der Waals surface area contributed by atoms with Gasteiger partial charge in [-0.3, -0.25) is 0 Å². The highest BCUT2D eigenvalue weighted by molar-refractivity contribution is 9.10. The van der Waals surface area contributed by atoms with Crippen LogP contribution >= 0.6 is 15.9 Å². The van der Waals surface area contributed by atoms with E-state index in [1.165, 1.54) is 10.9 Å². The highest BCUT2D eigenvalue weighted by atomic mass is 79.9. The summed E-state index contributed by atoms with van der Waals surface area (Å²) in [6.45, 7) is 9.93. The third-order valence-corrected chi connectivity index (χ3v) is 6.22. The van der Waals surface area contributed by atoms with Crippen LogP contribution in [0.5, 0.6) is 0 Å². The molecule has 0 aliphatic rings. The molecule has 23 heavy (non-hydrogen) atoms. The van der Waals surface area contributed by atoms with Crippen molar-refractivity contribution in [1.29, 1.82) is 0 Å². The molecule has 3 nitrogen and oxygen atoms in total. The molecular formula is C17H28BrNO2Si2. The van der Waals surface area contributed by atoms with Crippen LogP contribution in [0.3, 0.4) is 0 Å². The molecule has 1 aromatic heterocycles. The van der Waals surface area contributed by atoms with Gasteiger partial charge in [0.1, 0.15) is 6.29 Å². The highest BCUT2D eigenvalue weighted by Crippen LogP contribution is 2.31. The smallest absolute Gasteiger partial charge is 0.161 e. The van der Waals surface area contributed by atoms with E-state index >= 15 is 0 Å². The summed E-state index contributed by atoms with van der Waals surface area (Å²) in [6, 6.07) is 8.57. The largest absolute Gasteiger partial charge is 0.400 e. The van der Waals surface area contributed by atoms with Crippen LogP contribution in [0.25, 0.3) is 10.9 Å². The first-order valence-electron chi connectivity index (χ1n) is 8.46. The zero-order valence-corrected chi connectivity index (χ0v) is 19.1. The lowest BCUT2D eigenvalue weighted by molar-refractivity contribution is -0.0828. The van der Waals surface area contributed by atoms with Gasteiger partial charge in [0.25, 0.3) is 0 Å². The number of nitrogens with zero attached hydrogens (tertiary/aromatic N) is 1. The molecule has 1 heterocycles. The fourth-order valence-electron chi connectivity index (χ4n) is 3.01. The van der Waals surface area contributed by atoms with E-state index in [1.807, 2.05) is 0 Å². The van der Waals surface area contributed by atoms with E-state index in [0.29, 0.717) is 0 Å². The monoisotopic (exact) mass is 413 g/mol. The minimum atomic E-state index is -0.444. The lowest BCUT2D eigenvalue weighted by Crippen LogP contribution is -2.36. The fourth-order valence-corrected chi connectivity index (χ4v) is 5.39. The van der Waals surface area contributed by atoms with Gasteiger partial charge in [0.15, 0.2) is 19.5 Å². The molecule has 0 saturated heterocycles. The van der Waals surface area contributed by atoms with Crippen LogP contribution in [0.15, 0.2) is 34.9 Å². The Balaban J connectivity index is 1.98. The molecule has 0 fully saturated rings. The Hall–Kier alpha value is -0.406. The molecule has 0 N–H and O–H groups in total. The maximum absolute atomic E-state index is 5.96. The predicted octanol–water partition coefficient (Wildman–Crippen LogP) is 3.83. The van der Waals surface area contributed by atoms with E-state index in [1.54, 1.807) is 0 Å². The van der Waals surface area contributed by atoms with Crippen molar-refractivity contribution in [2.75, 3.05) is 0 Å². The molecule has 0 bridgehead atoms. The number of rotatable bonds is 9. The minimum absolute atomic E-state index is 0.00798. The number of aryl methyl sites for hydroxylation is 1. The Morgan fingerprint density at radius 3 is 2.52 bits per heavy atom. The Labute approximate surface area is 152 Å². The Kier molecular flexibility index (Phi) is 7.09. The molecule has 2 aromatic rings. The van der Waals surface area contributed by atoms with Crippen molar-refractivity contribution in [3.05, 3.63) is 34.9 Å². The van der Waals surface area contributed by atoms with Crippen molar-refractivity contribution >= 4 is 46.4 Å². The summed E-state index contributed by atoms with van der Waals surface area (Å²) in [7, 11) is -0.889. The van der Waals surface area contributed by atoms with Gasteiger partial charge in [-0.05, 0) is 31.0 Å². The van der Waals surface area contributed by atoms with E-state index in [9.17, 15) is 0 Å². The van der Waals surface area contributed by atoms with Crippen LogP contribution < -0.4 is 0 Å². The van der Waals surface area contributed by atoms with Gasteiger partial charge in [-0.25, -0.2) is 0 Å². The molecule has 128 valence electrons. The lowest BCUT2D eigenvalue weighted by atomic mass is 9.87. The van der Waals surface area contributed by atoms with Gasteiger partial charge in [0.05, 0.1) is 0 Å². The van der Waals surface area contributed by atoms with Crippen LogP contribution in [-0.4, -0.2) is 30.4 Å². The Morgan fingerprint density at radius 2 is 1.87 bits per heavy atom. The molecule has 0 radical (unpaired) electrons. The van der Waals surface area contributed by atoms with E-state index in [4.69, 9.17) is 8.85 Å². The van der Waals surface area contributed by atoms with Crippen molar-refractivity contribution in [2.24, 2.45) is 5.41 Å². The van der Waals surface area contributed by atoms with Crippen molar-refractivity contribution < 1.29 is 8.85 Å². The summed E-state index contributed by atoms with van der Waals surface area (Å²) in [4.78, 5) is 0. The summed E-state index contributed by atoms with van der Waals surface area (Å²) in [5, 5.41) is 1.28. The molecule has 0 spiro atoms. The normalized spacial score (nSPS) is 14.7. The maximum Gasteiger partial charge on any atom is 0.161 e. The molecule has 0 aliphatic heterocycles. The minimum Gasteiger partial charge on any atom is -0.400 e. The average Bonchev–Trinajstić information content (AvgIpc) is 2.92. The number of hydrogen-bond acceptors (Lipinski definition) is 2. The topological polar surface area (TPSA) is 23.4 Å². The van der Waals surface area contributed by atoms with Gasteiger partial charge in [-0.1, -0.05) is 48.9 Å². The second kappa shape index (κ2) is 8.62. The zero-order valence-electron chi connectivity index (χ0n) is 14.6. The van der Waals surface area contributed by atoms with E-state index in [0.717, 1.165) is 23.9 Å². The molecule has 1 aromatic carbocycles. The number of fused-ring (bicyclic) bond motifs is 1. The average molecular weight is 414 g/mol. The van der Waals surface area contributed by atoms with Crippen LogP contribution in [0.1, 0.15) is 26.7 Å². The summed E-state index contributed by atoms with van der Waals surface area (Å²) < 4.78 is 15.4. The van der Waals surface area contributed by atoms with Crippen LogP contribution in [-0.2, 0) is 15.4 Å². The van der Waals surface area contributed by atoms with Crippen LogP contribution in [0, 0.1) is 5.41 Å². The Morgan fingerprint density at radius 1 is 1.17 bits per heavy atom. The van der Waals surface area contributed by atoms with Gasteiger partial charge in [-0.2, -0.15) is 0 Å². The summed E-state index contributed by atoms with van der Waals surface area (Å²) >= 11 is 3.63. The van der Waals surface area contributed by atoms with Crippen LogP contribution in [0.4, 0.5) is 0 Å². The molecular weight excluding hydrogens is 386 g/mol. The van der Waals surface area contributed by atoms with Crippen molar-refractivity contribution in [2.45, 2.75) is 52.6 Å². The van der Waals surface area contributed by atoms with Crippen molar-refractivity contribution in [1.82, 2.24) is 4.57 Å². The number of aromatic nitrogens is 1. The van der Waals surface area contributed by atoms with Gasteiger partial charge >= 0.3 is 0 Å². The molecule has 0 unspecified atom stereocenters. The molecule has 0 aliphatic carbocycles. The summed E-state index contributed by atoms with van der Waals surface area (Å²) in [6.07, 6.45) is 4.41. The van der Waals surface area contributed by atoms with Gasteiger partial charge < -0.3 is 13.4 Å². The lowest BCUT2D eigenvalue weighted by Gasteiger charge is -2.34. The summed E-state index contributed by atoms with van der Waals surface area (Å²) in [5.74, 6) is 0. The summed E-state index contributed by atoms with van der Waals surface area (Å²) in [5.41, 5.74) is 1.37. The predicted molar refractivity (Wildman–Crippen MR) is 107 cm³/mol. The zero-order chi connectivity index (χ0) is 16.9. The molecule has 0 saturated carbocycles. The third-order valence-electron chi connectivity index (χ3n) is 4.25. The second-order valence-corrected chi connectivity index (χ2v) is 9.19. The number of benzene rings is 1. The molecule has 2 rings (SSSR count). The number of halogens is 1. The van der Waals surface area contributed by atoms with Gasteiger partial charge in [0.2, 0.25) is 0 Å². The van der Waals surface area contributed by atoms with Crippen molar-refractivity contribution in [3.63, 3.8) is 0 Å². The first kappa shape index (κ1) is 18.9. The maximum atomic E-state index is 5.96. The van der Waals surface area contributed by atoms with Gasteiger partial charge in [0, 0.05) is 33.5 Å². The molecule has 6 heteroatoms. The van der Waals surface area contributed by atoms with Crippen LogP contribution in [0.2, 0.25) is 13.1 Å². The van der Waals surface area contributed by atoms with Crippen molar-refractivity contribution in [3.8, 4) is 0 Å². The first-order chi connectivity index (χ1) is 11.0. The SMILES string of the molecule is C[SiH2]OC(O[SiH2]C)C(C)(C)CCCn1ccc2c(Br)cccc21. The highest BCUT2D eigenvalue weighted by Gasteiger charge is 2.29. The number of hydrogen-bond donors (Lipinski definition) is 0. The molecule has 0 amide bonds. The Bertz CT molecular complexity index is 624. The second-order valence-electron chi connectivity index (χ2n) is 6.52. The van der Waals surface area contributed by atoms with E-state index < -0.39 is 19.5 Å². The fraction of sp³-hybridized carbons (Fsp3) is 0.529. The van der Waals surface area contributed by atoms with Gasteiger partial charge in [-0.15, -0.1) is 0 Å².